The Labute approximate surface area is 95.5 Å². The minimum Gasteiger partial charge on any atom is -0.493 e. The van der Waals surface area contributed by atoms with E-state index >= 15 is 0 Å². The van der Waals surface area contributed by atoms with Gasteiger partial charge in [-0.1, -0.05) is 6.07 Å². The molecule has 0 unspecified atom stereocenters. The third-order valence-corrected chi connectivity index (χ3v) is 2.73. The summed E-state index contributed by atoms with van der Waals surface area (Å²) in [4.78, 5) is 0. The van der Waals surface area contributed by atoms with Crippen LogP contribution in [0.25, 0.3) is 0 Å². The quantitative estimate of drug-likeness (QED) is 0.840. The molecule has 1 aromatic rings. The number of morpholine rings is 1. The summed E-state index contributed by atoms with van der Waals surface area (Å²) in [6.07, 6.45) is 0. The van der Waals surface area contributed by atoms with Crippen LogP contribution in [0.15, 0.2) is 18.2 Å². The first kappa shape index (κ1) is 11.2. The van der Waals surface area contributed by atoms with Crippen LogP contribution in [-0.4, -0.2) is 34.0 Å². The fourth-order valence-electron chi connectivity index (χ4n) is 1.85. The van der Waals surface area contributed by atoms with Gasteiger partial charge in [-0.3, -0.25) is 0 Å². The second kappa shape index (κ2) is 5.18. The molecule has 1 heterocycles. The number of nitrogens with one attached hydrogen (secondary N) is 1. The SMILES string of the molecule is COc1ccc([C@H]2COCCN2)cc1OC. The standard InChI is InChI=1S/C12H17NO3/c1-14-11-4-3-9(7-12(11)15-2)10-8-16-6-5-13-10/h3-4,7,10,13H,5-6,8H2,1-2H3/t10-/m1/s1. The van der Waals surface area contributed by atoms with Crippen LogP contribution in [0.1, 0.15) is 11.6 Å². The molecule has 1 atom stereocenters. The molecule has 1 saturated heterocycles. The zero-order valence-corrected chi connectivity index (χ0v) is 9.66. The molecule has 1 aromatic carbocycles. The predicted molar refractivity (Wildman–Crippen MR) is 61.1 cm³/mol. The van der Waals surface area contributed by atoms with Gasteiger partial charge in [0.25, 0.3) is 0 Å². The van der Waals surface area contributed by atoms with E-state index in [0.717, 1.165) is 30.2 Å². The predicted octanol–water partition coefficient (Wildman–Crippen LogP) is 1.36. The van der Waals surface area contributed by atoms with Gasteiger partial charge in [-0.2, -0.15) is 0 Å². The molecule has 88 valence electrons. The lowest BCUT2D eigenvalue weighted by Gasteiger charge is -2.24. The van der Waals surface area contributed by atoms with Gasteiger partial charge in [0.2, 0.25) is 0 Å². The van der Waals surface area contributed by atoms with Gasteiger partial charge in [0.15, 0.2) is 11.5 Å². The van der Waals surface area contributed by atoms with Crippen LogP contribution in [-0.2, 0) is 4.74 Å². The lowest BCUT2D eigenvalue weighted by molar-refractivity contribution is 0.0768. The summed E-state index contributed by atoms with van der Waals surface area (Å²) in [5.41, 5.74) is 1.16. The molecule has 1 aliphatic heterocycles. The van der Waals surface area contributed by atoms with Crippen molar-refractivity contribution in [2.45, 2.75) is 6.04 Å². The highest BCUT2D eigenvalue weighted by Gasteiger charge is 2.16. The van der Waals surface area contributed by atoms with E-state index in [2.05, 4.69) is 5.32 Å². The molecule has 1 N–H and O–H groups in total. The number of benzene rings is 1. The first-order valence-corrected chi connectivity index (χ1v) is 5.38. The lowest BCUT2D eigenvalue weighted by atomic mass is 10.1. The normalized spacial score (nSPS) is 20.5. The molecule has 0 spiro atoms. The van der Waals surface area contributed by atoms with E-state index in [9.17, 15) is 0 Å². The number of hydrogen-bond acceptors (Lipinski definition) is 4. The monoisotopic (exact) mass is 223 g/mol. The summed E-state index contributed by atoms with van der Waals surface area (Å²) in [7, 11) is 3.28. The highest BCUT2D eigenvalue weighted by Crippen LogP contribution is 2.30. The van der Waals surface area contributed by atoms with E-state index in [1.165, 1.54) is 0 Å². The Kier molecular flexibility index (Phi) is 3.64. The van der Waals surface area contributed by atoms with E-state index in [1.54, 1.807) is 14.2 Å². The van der Waals surface area contributed by atoms with Crippen LogP contribution in [0.5, 0.6) is 11.5 Å². The molecule has 0 saturated carbocycles. The van der Waals surface area contributed by atoms with E-state index in [-0.39, 0.29) is 6.04 Å². The molecule has 16 heavy (non-hydrogen) atoms. The van der Waals surface area contributed by atoms with Crippen molar-refractivity contribution in [3.05, 3.63) is 23.8 Å². The Balaban J connectivity index is 2.20. The van der Waals surface area contributed by atoms with Gasteiger partial charge in [-0.25, -0.2) is 0 Å². The van der Waals surface area contributed by atoms with Gasteiger partial charge in [0.05, 0.1) is 33.5 Å². The minimum absolute atomic E-state index is 0.244. The van der Waals surface area contributed by atoms with Crippen LogP contribution < -0.4 is 14.8 Å². The van der Waals surface area contributed by atoms with Gasteiger partial charge in [-0.05, 0) is 17.7 Å². The maximum absolute atomic E-state index is 5.43. The second-order valence-electron chi connectivity index (χ2n) is 3.70. The molecule has 1 fully saturated rings. The molecule has 4 heteroatoms. The Morgan fingerprint density at radius 3 is 2.69 bits per heavy atom. The summed E-state index contributed by atoms with van der Waals surface area (Å²) in [6.45, 7) is 2.37. The van der Waals surface area contributed by atoms with Crippen molar-refractivity contribution in [3.8, 4) is 11.5 Å². The molecular formula is C12H17NO3. The van der Waals surface area contributed by atoms with E-state index in [1.807, 2.05) is 18.2 Å². The maximum atomic E-state index is 5.43. The zero-order valence-electron chi connectivity index (χ0n) is 9.66. The van der Waals surface area contributed by atoms with Crippen molar-refractivity contribution in [1.29, 1.82) is 0 Å². The number of methoxy groups -OCH3 is 2. The van der Waals surface area contributed by atoms with Gasteiger partial charge in [0, 0.05) is 6.54 Å². The Hall–Kier alpha value is -1.26. The van der Waals surface area contributed by atoms with Gasteiger partial charge >= 0.3 is 0 Å². The fourth-order valence-corrected chi connectivity index (χ4v) is 1.85. The maximum Gasteiger partial charge on any atom is 0.161 e. The smallest absolute Gasteiger partial charge is 0.161 e. The molecule has 2 rings (SSSR count). The fraction of sp³-hybridized carbons (Fsp3) is 0.500. The van der Waals surface area contributed by atoms with E-state index in [4.69, 9.17) is 14.2 Å². The van der Waals surface area contributed by atoms with Crippen LogP contribution in [0, 0.1) is 0 Å². The van der Waals surface area contributed by atoms with Crippen molar-refractivity contribution in [1.82, 2.24) is 5.32 Å². The molecule has 4 nitrogen and oxygen atoms in total. The largest absolute Gasteiger partial charge is 0.493 e. The molecule has 0 aliphatic carbocycles. The summed E-state index contributed by atoms with van der Waals surface area (Å²) in [5, 5.41) is 3.40. The van der Waals surface area contributed by atoms with Crippen LogP contribution >= 0.6 is 0 Å². The average molecular weight is 223 g/mol. The van der Waals surface area contributed by atoms with Gasteiger partial charge < -0.3 is 19.5 Å². The molecule has 1 aliphatic rings. The number of hydrogen-bond donors (Lipinski definition) is 1. The van der Waals surface area contributed by atoms with Crippen molar-refractivity contribution in [2.75, 3.05) is 34.0 Å². The van der Waals surface area contributed by atoms with Gasteiger partial charge in [-0.15, -0.1) is 0 Å². The molecule has 0 bridgehead atoms. The topological polar surface area (TPSA) is 39.7 Å². The third-order valence-electron chi connectivity index (χ3n) is 2.73. The Bertz CT molecular complexity index is 348. The van der Waals surface area contributed by atoms with Crippen LogP contribution in [0.3, 0.4) is 0 Å². The average Bonchev–Trinajstić information content (AvgIpc) is 2.39. The highest BCUT2D eigenvalue weighted by molar-refractivity contribution is 5.43. The molecule has 0 radical (unpaired) electrons. The zero-order chi connectivity index (χ0) is 11.4. The number of ether oxygens (including phenoxy) is 3. The van der Waals surface area contributed by atoms with Crippen molar-refractivity contribution >= 4 is 0 Å². The van der Waals surface area contributed by atoms with Crippen molar-refractivity contribution in [3.63, 3.8) is 0 Å². The first-order chi connectivity index (χ1) is 7.85. The highest BCUT2D eigenvalue weighted by atomic mass is 16.5. The Morgan fingerprint density at radius 1 is 1.25 bits per heavy atom. The lowest BCUT2D eigenvalue weighted by Crippen LogP contribution is -2.34. The van der Waals surface area contributed by atoms with E-state index in [0.29, 0.717) is 6.61 Å². The summed E-state index contributed by atoms with van der Waals surface area (Å²) in [5.74, 6) is 1.51. The third kappa shape index (κ3) is 2.28. The number of rotatable bonds is 3. The summed E-state index contributed by atoms with van der Waals surface area (Å²) < 4.78 is 15.9. The van der Waals surface area contributed by atoms with Crippen LogP contribution in [0.4, 0.5) is 0 Å². The molecular weight excluding hydrogens is 206 g/mol. The van der Waals surface area contributed by atoms with Crippen LogP contribution in [0.2, 0.25) is 0 Å². The van der Waals surface area contributed by atoms with E-state index < -0.39 is 0 Å². The molecule has 0 aromatic heterocycles. The second-order valence-corrected chi connectivity index (χ2v) is 3.70. The van der Waals surface area contributed by atoms with Crippen molar-refractivity contribution < 1.29 is 14.2 Å². The molecule has 0 amide bonds. The minimum atomic E-state index is 0.244. The summed E-state index contributed by atoms with van der Waals surface area (Å²) in [6, 6.07) is 6.19. The van der Waals surface area contributed by atoms with Crippen molar-refractivity contribution in [2.24, 2.45) is 0 Å². The Morgan fingerprint density at radius 2 is 2.06 bits per heavy atom. The first-order valence-electron chi connectivity index (χ1n) is 5.38. The summed E-state index contributed by atoms with van der Waals surface area (Å²) >= 11 is 0. The van der Waals surface area contributed by atoms with Gasteiger partial charge in [0.1, 0.15) is 0 Å².